The molecule has 7 nitrogen and oxygen atoms in total. The van der Waals surface area contributed by atoms with Gasteiger partial charge in [0.05, 0.1) is 12.9 Å². The summed E-state index contributed by atoms with van der Waals surface area (Å²) in [5, 5.41) is 6.32. The number of aliphatic imine (C=N–C) groups is 1. The molecule has 1 aliphatic heterocycles. The molecule has 0 aliphatic carbocycles. The monoisotopic (exact) mass is 420 g/mol. The second-order valence-electron chi connectivity index (χ2n) is 4.65. The van der Waals surface area contributed by atoms with Crippen LogP contribution in [0.5, 0.6) is 0 Å². The maximum absolute atomic E-state index is 11.4. The molecule has 2 N–H and O–H groups in total. The van der Waals surface area contributed by atoms with Gasteiger partial charge in [0.15, 0.2) is 5.96 Å². The highest BCUT2D eigenvalue weighted by atomic mass is 127. The predicted molar refractivity (Wildman–Crippen MR) is 91.2 cm³/mol. The van der Waals surface area contributed by atoms with Crippen molar-refractivity contribution in [3.63, 3.8) is 0 Å². The van der Waals surface area contributed by atoms with Crippen molar-refractivity contribution >= 4 is 40.0 Å². The Bertz CT molecular complexity index is 402. The summed E-state index contributed by atoms with van der Waals surface area (Å²) < 4.78 is 29.3. The molecule has 0 aromatic heterocycles. The number of hydrogen-bond acceptors (Lipinski definition) is 4. The van der Waals surface area contributed by atoms with E-state index in [2.05, 4.69) is 15.6 Å². The third-order valence-corrected chi connectivity index (χ3v) is 4.37. The van der Waals surface area contributed by atoms with Crippen molar-refractivity contribution in [1.82, 2.24) is 14.9 Å². The largest absolute Gasteiger partial charge is 0.383 e. The number of guanidine groups is 1. The van der Waals surface area contributed by atoms with Crippen molar-refractivity contribution in [2.45, 2.75) is 6.42 Å². The van der Waals surface area contributed by atoms with Gasteiger partial charge >= 0.3 is 0 Å². The highest BCUT2D eigenvalue weighted by molar-refractivity contribution is 14.0. The van der Waals surface area contributed by atoms with Crippen molar-refractivity contribution in [1.29, 1.82) is 0 Å². The molecule has 1 aliphatic rings. The van der Waals surface area contributed by atoms with Crippen LogP contribution in [0, 0.1) is 5.92 Å². The van der Waals surface area contributed by atoms with Gasteiger partial charge in [-0.25, -0.2) is 12.7 Å². The molecule has 120 valence electrons. The van der Waals surface area contributed by atoms with Gasteiger partial charge in [0.1, 0.15) is 0 Å². The maximum atomic E-state index is 11.4. The Morgan fingerprint density at radius 2 is 2.15 bits per heavy atom. The number of hydrogen-bond donors (Lipinski definition) is 2. The molecule has 1 atom stereocenters. The lowest BCUT2D eigenvalue weighted by atomic mass is 10.1. The molecule has 1 fully saturated rings. The van der Waals surface area contributed by atoms with Crippen molar-refractivity contribution in [3.8, 4) is 0 Å². The van der Waals surface area contributed by atoms with Crippen LogP contribution in [0.25, 0.3) is 0 Å². The van der Waals surface area contributed by atoms with Crippen molar-refractivity contribution in [3.05, 3.63) is 0 Å². The molecule has 1 unspecified atom stereocenters. The minimum absolute atomic E-state index is 0. The fourth-order valence-corrected chi connectivity index (χ4v) is 2.92. The van der Waals surface area contributed by atoms with Crippen LogP contribution >= 0.6 is 24.0 Å². The first-order valence-electron chi connectivity index (χ1n) is 6.36. The predicted octanol–water partition coefficient (Wildman–Crippen LogP) is -0.303. The van der Waals surface area contributed by atoms with E-state index in [0.717, 1.165) is 18.9 Å². The van der Waals surface area contributed by atoms with Gasteiger partial charge in [-0.05, 0) is 12.3 Å². The van der Waals surface area contributed by atoms with Gasteiger partial charge in [-0.1, -0.05) is 0 Å². The molecule has 1 heterocycles. The molecular weight excluding hydrogens is 395 g/mol. The lowest BCUT2D eigenvalue weighted by Gasteiger charge is -2.16. The van der Waals surface area contributed by atoms with Crippen molar-refractivity contribution < 1.29 is 13.2 Å². The van der Waals surface area contributed by atoms with Gasteiger partial charge in [-0.2, -0.15) is 0 Å². The standard InChI is InChI=1S/C11H24N4O3S.HI/c1-12-11(13-5-7-18-2)14-8-10-4-6-15(9-10)19(3,16)17;/h10H,4-9H2,1-3H3,(H2,12,13,14);1H. The van der Waals surface area contributed by atoms with Crippen LogP contribution in [0.2, 0.25) is 0 Å². The summed E-state index contributed by atoms with van der Waals surface area (Å²) in [4.78, 5) is 4.10. The number of nitrogens with zero attached hydrogens (tertiary/aromatic N) is 2. The van der Waals surface area contributed by atoms with E-state index < -0.39 is 10.0 Å². The molecule has 0 bridgehead atoms. The van der Waals surface area contributed by atoms with Gasteiger partial charge < -0.3 is 15.4 Å². The fourth-order valence-electron chi connectivity index (χ4n) is 2.00. The number of methoxy groups -OCH3 is 1. The molecule has 1 rings (SSSR count). The first kappa shape index (κ1) is 19.9. The summed E-state index contributed by atoms with van der Waals surface area (Å²) >= 11 is 0. The third kappa shape index (κ3) is 7.04. The average Bonchev–Trinajstić information content (AvgIpc) is 2.82. The summed E-state index contributed by atoms with van der Waals surface area (Å²) in [5.41, 5.74) is 0. The van der Waals surface area contributed by atoms with Gasteiger partial charge in [0.2, 0.25) is 10.0 Å². The van der Waals surface area contributed by atoms with E-state index in [4.69, 9.17) is 4.74 Å². The van der Waals surface area contributed by atoms with E-state index in [0.29, 0.717) is 32.2 Å². The Morgan fingerprint density at radius 1 is 1.45 bits per heavy atom. The SMILES string of the molecule is CN=C(NCCOC)NCC1CCN(S(C)(=O)=O)C1.I. The number of ether oxygens (including phenoxy) is 1. The fraction of sp³-hybridized carbons (Fsp3) is 0.909. The van der Waals surface area contributed by atoms with E-state index >= 15 is 0 Å². The normalized spacial score (nSPS) is 20.6. The van der Waals surface area contributed by atoms with Gasteiger partial charge in [0, 0.05) is 40.3 Å². The number of sulfonamides is 1. The Hall–Kier alpha value is -0.130. The van der Waals surface area contributed by atoms with E-state index in [1.54, 1.807) is 14.2 Å². The quantitative estimate of drug-likeness (QED) is 0.267. The molecule has 1 saturated heterocycles. The Morgan fingerprint density at radius 3 is 2.65 bits per heavy atom. The van der Waals surface area contributed by atoms with Crippen LogP contribution in [-0.2, 0) is 14.8 Å². The Kier molecular flexibility index (Phi) is 9.68. The van der Waals surface area contributed by atoms with Crippen LogP contribution in [-0.4, -0.2) is 71.9 Å². The van der Waals surface area contributed by atoms with Crippen LogP contribution < -0.4 is 10.6 Å². The zero-order valence-corrected chi connectivity index (χ0v) is 15.4. The second kappa shape index (κ2) is 9.74. The smallest absolute Gasteiger partial charge is 0.211 e. The zero-order valence-electron chi connectivity index (χ0n) is 12.3. The molecule has 0 spiro atoms. The lowest BCUT2D eigenvalue weighted by Crippen LogP contribution is -2.41. The molecule has 0 aromatic rings. The number of nitrogens with one attached hydrogen (secondary N) is 2. The Balaban J connectivity index is 0.00000361. The van der Waals surface area contributed by atoms with Crippen LogP contribution in [0.1, 0.15) is 6.42 Å². The molecule has 20 heavy (non-hydrogen) atoms. The summed E-state index contributed by atoms with van der Waals surface area (Å²) in [6.07, 6.45) is 2.14. The molecule has 9 heteroatoms. The number of halogens is 1. The van der Waals surface area contributed by atoms with Crippen LogP contribution in [0.15, 0.2) is 4.99 Å². The molecule has 0 amide bonds. The first-order chi connectivity index (χ1) is 8.97. The van der Waals surface area contributed by atoms with Crippen LogP contribution in [0.4, 0.5) is 0 Å². The molecule has 0 radical (unpaired) electrons. The average molecular weight is 420 g/mol. The zero-order chi connectivity index (χ0) is 14.3. The Labute approximate surface area is 138 Å². The van der Waals surface area contributed by atoms with E-state index in [1.807, 2.05) is 0 Å². The van der Waals surface area contributed by atoms with E-state index in [1.165, 1.54) is 10.6 Å². The molecule has 0 aromatic carbocycles. The third-order valence-electron chi connectivity index (χ3n) is 3.10. The topological polar surface area (TPSA) is 83.0 Å². The molecule has 0 saturated carbocycles. The van der Waals surface area contributed by atoms with Crippen molar-refractivity contribution in [2.24, 2.45) is 10.9 Å². The highest BCUT2D eigenvalue weighted by Gasteiger charge is 2.28. The minimum atomic E-state index is -3.05. The summed E-state index contributed by atoms with van der Waals surface area (Å²) in [6.45, 7) is 3.22. The van der Waals surface area contributed by atoms with Crippen molar-refractivity contribution in [2.75, 3.05) is 53.2 Å². The van der Waals surface area contributed by atoms with E-state index in [-0.39, 0.29) is 24.0 Å². The van der Waals surface area contributed by atoms with Gasteiger partial charge in [-0.15, -0.1) is 24.0 Å². The maximum Gasteiger partial charge on any atom is 0.211 e. The molecular formula is C11H25IN4O3S. The lowest BCUT2D eigenvalue weighted by molar-refractivity contribution is 0.203. The first-order valence-corrected chi connectivity index (χ1v) is 8.20. The second-order valence-corrected chi connectivity index (χ2v) is 6.63. The summed E-state index contributed by atoms with van der Waals surface area (Å²) in [7, 11) is 0.303. The van der Waals surface area contributed by atoms with Crippen LogP contribution in [0.3, 0.4) is 0 Å². The summed E-state index contributed by atoms with van der Waals surface area (Å²) in [5.74, 6) is 1.05. The van der Waals surface area contributed by atoms with Gasteiger partial charge in [-0.3, -0.25) is 4.99 Å². The van der Waals surface area contributed by atoms with Gasteiger partial charge in [0.25, 0.3) is 0 Å². The number of rotatable bonds is 6. The summed E-state index contributed by atoms with van der Waals surface area (Å²) in [6, 6.07) is 0. The highest BCUT2D eigenvalue weighted by Crippen LogP contribution is 2.17. The minimum Gasteiger partial charge on any atom is -0.383 e. The van der Waals surface area contributed by atoms with E-state index in [9.17, 15) is 8.42 Å².